The van der Waals surface area contributed by atoms with E-state index < -0.39 is 23.7 Å². The van der Waals surface area contributed by atoms with E-state index in [2.05, 4.69) is 21.2 Å². The zero-order chi connectivity index (χ0) is 15.8. The molecule has 0 aliphatic carbocycles. The molecule has 0 spiro atoms. The molecule has 0 radical (unpaired) electrons. The molecule has 1 heterocycles. The molecule has 1 atom stereocenters. The molecule has 2 amide bonds. The van der Waals surface area contributed by atoms with E-state index in [1.165, 1.54) is 24.0 Å². The first-order valence-electron chi connectivity index (χ1n) is 6.17. The molecule has 0 aromatic heterocycles. The fourth-order valence-electron chi connectivity index (χ4n) is 2.10. The van der Waals surface area contributed by atoms with E-state index in [9.17, 15) is 22.8 Å². The molecule has 0 bridgehead atoms. The number of piperazine rings is 1. The van der Waals surface area contributed by atoms with Crippen molar-refractivity contribution in [2.24, 2.45) is 0 Å². The van der Waals surface area contributed by atoms with Crippen molar-refractivity contribution in [1.82, 2.24) is 10.2 Å². The van der Waals surface area contributed by atoms with E-state index >= 15 is 0 Å². The zero-order valence-corrected chi connectivity index (χ0v) is 12.6. The van der Waals surface area contributed by atoms with Crippen LogP contribution >= 0.6 is 15.9 Å². The predicted octanol–water partition coefficient (Wildman–Crippen LogP) is 2.43. The average Bonchev–Trinajstić information content (AvgIpc) is 2.40. The molecule has 8 heteroatoms. The van der Waals surface area contributed by atoms with Crippen LogP contribution in [0.4, 0.5) is 13.2 Å². The number of halogens is 4. The highest BCUT2D eigenvalue weighted by Gasteiger charge is 2.35. The van der Waals surface area contributed by atoms with Gasteiger partial charge in [-0.05, 0) is 25.1 Å². The predicted molar refractivity (Wildman–Crippen MR) is 72.7 cm³/mol. The molecule has 0 saturated carbocycles. The van der Waals surface area contributed by atoms with Gasteiger partial charge >= 0.3 is 6.18 Å². The summed E-state index contributed by atoms with van der Waals surface area (Å²) in [6.45, 7) is 2.09. The minimum Gasteiger partial charge on any atom is -0.353 e. The smallest absolute Gasteiger partial charge is 0.353 e. The van der Waals surface area contributed by atoms with Crippen molar-refractivity contribution in [2.75, 3.05) is 13.1 Å². The van der Waals surface area contributed by atoms with Crippen LogP contribution < -0.4 is 5.32 Å². The highest BCUT2D eigenvalue weighted by molar-refractivity contribution is 9.10. The monoisotopic (exact) mass is 364 g/mol. The van der Waals surface area contributed by atoms with Crippen LogP contribution in [-0.4, -0.2) is 35.8 Å². The molecule has 1 aromatic rings. The van der Waals surface area contributed by atoms with E-state index in [0.717, 1.165) is 6.07 Å². The van der Waals surface area contributed by atoms with Crippen molar-refractivity contribution in [3.8, 4) is 0 Å². The van der Waals surface area contributed by atoms with Gasteiger partial charge in [-0.3, -0.25) is 9.59 Å². The number of carbonyl (C=O) groups is 2. The Bertz CT molecular complexity index is 589. The lowest BCUT2D eigenvalue weighted by atomic mass is 10.1. The quantitative estimate of drug-likeness (QED) is 0.831. The summed E-state index contributed by atoms with van der Waals surface area (Å²) in [5, 5.41) is 2.59. The second kappa shape index (κ2) is 5.67. The number of amides is 2. The first-order chi connectivity index (χ1) is 9.71. The highest BCUT2D eigenvalue weighted by Crippen LogP contribution is 2.35. The van der Waals surface area contributed by atoms with E-state index in [1.54, 1.807) is 0 Å². The van der Waals surface area contributed by atoms with Crippen LogP contribution in [0.1, 0.15) is 22.8 Å². The van der Waals surface area contributed by atoms with Crippen LogP contribution in [0.3, 0.4) is 0 Å². The summed E-state index contributed by atoms with van der Waals surface area (Å²) >= 11 is 2.82. The Morgan fingerprint density at radius 1 is 1.43 bits per heavy atom. The molecule has 1 N–H and O–H groups in total. The number of alkyl halides is 3. The molecule has 21 heavy (non-hydrogen) atoms. The molecular weight excluding hydrogens is 353 g/mol. The Balaban J connectivity index is 2.34. The van der Waals surface area contributed by atoms with Gasteiger partial charge in [-0.1, -0.05) is 15.9 Å². The maximum atomic E-state index is 12.9. The SMILES string of the molecule is CC1C(=O)NCCN1C(=O)c1ccc(Br)c(C(F)(F)F)c1. The molecule has 1 aliphatic heterocycles. The lowest BCUT2D eigenvalue weighted by molar-refractivity contribution is -0.138. The Labute approximate surface area is 127 Å². The van der Waals surface area contributed by atoms with Gasteiger partial charge in [-0.15, -0.1) is 0 Å². The van der Waals surface area contributed by atoms with Gasteiger partial charge in [0, 0.05) is 23.1 Å². The number of benzene rings is 1. The number of hydrogen-bond donors (Lipinski definition) is 1. The molecule has 114 valence electrons. The van der Waals surface area contributed by atoms with Crippen LogP contribution in [0, 0.1) is 0 Å². The van der Waals surface area contributed by atoms with Crippen LogP contribution in [0.5, 0.6) is 0 Å². The Morgan fingerprint density at radius 2 is 2.10 bits per heavy atom. The fraction of sp³-hybridized carbons (Fsp3) is 0.385. The van der Waals surface area contributed by atoms with Gasteiger partial charge in [0.25, 0.3) is 5.91 Å². The molecule has 4 nitrogen and oxygen atoms in total. The minimum atomic E-state index is -4.56. The topological polar surface area (TPSA) is 49.4 Å². The molecular formula is C13H12BrF3N2O2. The molecule has 2 rings (SSSR count). The van der Waals surface area contributed by atoms with Gasteiger partial charge < -0.3 is 10.2 Å². The molecule has 1 unspecified atom stereocenters. The molecule has 1 fully saturated rings. The number of nitrogens with one attached hydrogen (secondary N) is 1. The minimum absolute atomic E-state index is 0.0907. The molecule has 1 aromatic carbocycles. The van der Waals surface area contributed by atoms with Crippen molar-refractivity contribution in [2.45, 2.75) is 19.1 Å². The summed E-state index contributed by atoms with van der Waals surface area (Å²) in [6.07, 6.45) is -4.56. The zero-order valence-electron chi connectivity index (χ0n) is 11.0. The van der Waals surface area contributed by atoms with Crippen molar-refractivity contribution in [1.29, 1.82) is 0 Å². The van der Waals surface area contributed by atoms with Gasteiger partial charge in [0.2, 0.25) is 5.91 Å². The third kappa shape index (κ3) is 3.20. The van der Waals surface area contributed by atoms with E-state index in [4.69, 9.17) is 0 Å². The standard InChI is InChI=1S/C13H12BrF3N2O2/c1-7-11(20)18-4-5-19(7)12(21)8-2-3-10(14)9(6-8)13(15,16)17/h2-3,6-7H,4-5H2,1H3,(H,18,20). The highest BCUT2D eigenvalue weighted by atomic mass is 79.9. The first kappa shape index (κ1) is 15.8. The number of rotatable bonds is 1. The van der Waals surface area contributed by atoms with Crippen molar-refractivity contribution >= 4 is 27.7 Å². The lowest BCUT2D eigenvalue weighted by Gasteiger charge is -2.33. The van der Waals surface area contributed by atoms with Crippen molar-refractivity contribution in [3.05, 3.63) is 33.8 Å². The number of nitrogens with zero attached hydrogens (tertiary/aromatic N) is 1. The van der Waals surface area contributed by atoms with Crippen LogP contribution in [-0.2, 0) is 11.0 Å². The van der Waals surface area contributed by atoms with Crippen molar-refractivity contribution < 1.29 is 22.8 Å². The van der Waals surface area contributed by atoms with Crippen LogP contribution in [0.25, 0.3) is 0 Å². The summed E-state index contributed by atoms with van der Waals surface area (Å²) in [5.41, 5.74) is -1.01. The van der Waals surface area contributed by atoms with E-state index in [0.29, 0.717) is 0 Å². The van der Waals surface area contributed by atoms with Crippen LogP contribution in [0.15, 0.2) is 22.7 Å². The fourth-order valence-corrected chi connectivity index (χ4v) is 2.57. The van der Waals surface area contributed by atoms with E-state index in [1.807, 2.05) is 0 Å². The Morgan fingerprint density at radius 3 is 2.71 bits per heavy atom. The van der Waals surface area contributed by atoms with Gasteiger partial charge in [-0.25, -0.2) is 0 Å². The molecule has 1 aliphatic rings. The second-order valence-corrected chi connectivity index (χ2v) is 5.51. The van der Waals surface area contributed by atoms with E-state index in [-0.39, 0.29) is 29.0 Å². The number of carbonyl (C=O) groups excluding carboxylic acids is 2. The van der Waals surface area contributed by atoms with Gasteiger partial charge in [0.15, 0.2) is 0 Å². The summed E-state index contributed by atoms with van der Waals surface area (Å²) in [7, 11) is 0. The summed E-state index contributed by atoms with van der Waals surface area (Å²) in [4.78, 5) is 25.1. The summed E-state index contributed by atoms with van der Waals surface area (Å²) in [5.74, 6) is -0.905. The van der Waals surface area contributed by atoms with Crippen LogP contribution in [0.2, 0.25) is 0 Å². The normalized spacial score (nSPS) is 19.4. The largest absolute Gasteiger partial charge is 0.417 e. The summed E-state index contributed by atoms with van der Waals surface area (Å²) in [6, 6.07) is 2.58. The third-order valence-electron chi connectivity index (χ3n) is 3.28. The van der Waals surface area contributed by atoms with Gasteiger partial charge in [-0.2, -0.15) is 13.2 Å². The Kier molecular flexibility index (Phi) is 4.27. The van der Waals surface area contributed by atoms with Crippen molar-refractivity contribution in [3.63, 3.8) is 0 Å². The third-order valence-corrected chi connectivity index (χ3v) is 3.97. The maximum Gasteiger partial charge on any atom is 0.417 e. The lowest BCUT2D eigenvalue weighted by Crippen LogP contribution is -2.55. The Hall–Kier alpha value is -1.57. The average molecular weight is 365 g/mol. The second-order valence-electron chi connectivity index (χ2n) is 4.66. The first-order valence-corrected chi connectivity index (χ1v) is 6.96. The summed E-state index contributed by atoms with van der Waals surface area (Å²) < 4.78 is 38.4. The van der Waals surface area contributed by atoms with Gasteiger partial charge in [0.05, 0.1) is 5.56 Å². The number of hydrogen-bond acceptors (Lipinski definition) is 2. The molecule has 1 saturated heterocycles. The van der Waals surface area contributed by atoms with Gasteiger partial charge in [0.1, 0.15) is 6.04 Å². The maximum absolute atomic E-state index is 12.9.